The lowest BCUT2D eigenvalue weighted by Gasteiger charge is -2.17. The molecule has 24 heavy (non-hydrogen) atoms. The average molecular weight is 327 g/mol. The number of rotatable bonds is 8. The maximum absolute atomic E-state index is 12.4. The Bertz CT molecular complexity index is 668. The van der Waals surface area contributed by atoms with Gasteiger partial charge in [0.05, 0.1) is 19.1 Å². The van der Waals surface area contributed by atoms with E-state index < -0.39 is 12.0 Å². The molecular weight excluding hydrogens is 306 g/mol. The Labute approximate surface area is 141 Å². The number of aliphatic carboxylic acids is 1. The normalized spacial score (nSPS) is 11.5. The number of hydrogen-bond acceptors (Lipinski definition) is 3. The minimum Gasteiger partial charge on any atom is -0.494 e. The minimum absolute atomic E-state index is 0.173. The van der Waals surface area contributed by atoms with Gasteiger partial charge in [0.2, 0.25) is 0 Å². The molecule has 0 saturated heterocycles. The fourth-order valence-electron chi connectivity index (χ4n) is 2.28. The largest absolute Gasteiger partial charge is 0.494 e. The third-order valence-electron chi connectivity index (χ3n) is 3.48. The Morgan fingerprint density at radius 2 is 1.75 bits per heavy atom. The third kappa shape index (κ3) is 5.12. The molecule has 0 aliphatic rings. The molecule has 2 aromatic carbocycles. The van der Waals surface area contributed by atoms with Gasteiger partial charge in [0.25, 0.3) is 5.91 Å². The molecule has 0 aliphatic carbocycles. The van der Waals surface area contributed by atoms with Crippen LogP contribution < -0.4 is 10.1 Å². The molecule has 0 unspecified atom stereocenters. The van der Waals surface area contributed by atoms with Crippen molar-refractivity contribution in [1.82, 2.24) is 5.32 Å². The lowest BCUT2D eigenvalue weighted by Crippen LogP contribution is -2.30. The van der Waals surface area contributed by atoms with Gasteiger partial charge >= 0.3 is 5.97 Å². The van der Waals surface area contributed by atoms with Gasteiger partial charge in [-0.2, -0.15) is 0 Å². The van der Waals surface area contributed by atoms with E-state index in [0.29, 0.717) is 17.9 Å². The summed E-state index contributed by atoms with van der Waals surface area (Å²) in [6.07, 6.45) is 0.740. The molecule has 1 amide bonds. The summed E-state index contributed by atoms with van der Waals surface area (Å²) in [5, 5.41) is 11.9. The Hall–Kier alpha value is -2.82. The molecule has 5 heteroatoms. The zero-order valence-corrected chi connectivity index (χ0v) is 13.6. The highest BCUT2D eigenvalue weighted by Gasteiger charge is 2.18. The zero-order chi connectivity index (χ0) is 17.4. The summed E-state index contributed by atoms with van der Waals surface area (Å²) >= 11 is 0. The van der Waals surface area contributed by atoms with Crippen molar-refractivity contribution in [3.05, 3.63) is 65.7 Å². The first kappa shape index (κ1) is 17.5. The average Bonchev–Trinajstić information content (AvgIpc) is 2.60. The van der Waals surface area contributed by atoms with Crippen LogP contribution >= 0.6 is 0 Å². The van der Waals surface area contributed by atoms with Crippen LogP contribution in [0.4, 0.5) is 0 Å². The fraction of sp³-hybridized carbons (Fsp3) is 0.263. The van der Waals surface area contributed by atoms with E-state index in [9.17, 15) is 9.59 Å². The van der Waals surface area contributed by atoms with E-state index in [2.05, 4.69) is 5.32 Å². The zero-order valence-electron chi connectivity index (χ0n) is 13.6. The molecule has 0 radical (unpaired) electrons. The van der Waals surface area contributed by atoms with Crippen LogP contribution in [0.1, 0.15) is 41.7 Å². The van der Waals surface area contributed by atoms with Gasteiger partial charge in [0, 0.05) is 5.56 Å². The molecule has 5 nitrogen and oxygen atoms in total. The molecule has 0 fully saturated rings. The van der Waals surface area contributed by atoms with Gasteiger partial charge in [0.1, 0.15) is 5.75 Å². The number of carboxylic acid groups (broad SMARTS) is 1. The van der Waals surface area contributed by atoms with Gasteiger partial charge in [-0.05, 0) is 36.2 Å². The first-order valence-electron chi connectivity index (χ1n) is 7.90. The predicted octanol–water partition coefficient (Wildman–Crippen LogP) is 3.42. The van der Waals surface area contributed by atoms with E-state index in [4.69, 9.17) is 9.84 Å². The van der Waals surface area contributed by atoms with E-state index in [1.807, 2.05) is 25.1 Å². The van der Waals surface area contributed by atoms with Gasteiger partial charge in [-0.25, -0.2) is 0 Å². The Morgan fingerprint density at radius 3 is 2.33 bits per heavy atom. The lowest BCUT2D eigenvalue weighted by molar-refractivity contribution is -0.137. The Balaban J connectivity index is 2.08. The van der Waals surface area contributed by atoms with E-state index in [-0.39, 0.29) is 12.3 Å². The maximum atomic E-state index is 12.4. The summed E-state index contributed by atoms with van der Waals surface area (Å²) in [4.78, 5) is 23.5. The molecule has 0 aromatic heterocycles. The van der Waals surface area contributed by atoms with Crippen LogP contribution in [0.25, 0.3) is 0 Å². The van der Waals surface area contributed by atoms with Crippen LogP contribution in [0.2, 0.25) is 0 Å². The second-order valence-electron chi connectivity index (χ2n) is 5.41. The molecule has 2 aromatic rings. The standard InChI is InChI=1S/C19H21NO4/c1-2-12-24-16-10-8-15(9-11-16)19(23)20-17(13-18(21)22)14-6-4-3-5-7-14/h3-11,17H,2,12-13H2,1H3,(H,20,23)(H,21,22)/t17-/m0/s1. The highest BCUT2D eigenvalue weighted by atomic mass is 16.5. The maximum Gasteiger partial charge on any atom is 0.305 e. The monoisotopic (exact) mass is 327 g/mol. The summed E-state index contributed by atoms with van der Waals surface area (Å²) in [6.45, 7) is 2.65. The van der Waals surface area contributed by atoms with Crippen molar-refractivity contribution >= 4 is 11.9 Å². The van der Waals surface area contributed by atoms with Crippen LogP contribution in [0.15, 0.2) is 54.6 Å². The van der Waals surface area contributed by atoms with Crippen molar-refractivity contribution < 1.29 is 19.4 Å². The predicted molar refractivity (Wildman–Crippen MR) is 91.1 cm³/mol. The number of hydrogen-bond donors (Lipinski definition) is 2. The number of carbonyl (C=O) groups excluding carboxylic acids is 1. The second-order valence-corrected chi connectivity index (χ2v) is 5.41. The van der Waals surface area contributed by atoms with Gasteiger partial charge < -0.3 is 15.2 Å². The minimum atomic E-state index is -0.965. The molecule has 126 valence electrons. The molecule has 0 bridgehead atoms. The number of nitrogens with one attached hydrogen (secondary N) is 1. The van der Waals surface area contributed by atoms with Crippen LogP contribution in [0.5, 0.6) is 5.75 Å². The van der Waals surface area contributed by atoms with Crippen molar-refractivity contribution in [3.8, 4) is 5.75 Å². The molecule has 2 rings (SSSR count). The van der Waals surface area contributed by atoms with Gasteiger partial charge in [-0.1, -0.05) is 37.3 Å². The summed E-state index contributed by atoms with van der Waals surface area (Å²) < 4.78 is 5.48. The number of amides is 1. The van der Waals surface area contributed by atoms with E-state index in [1.165, 1.54) is 0 Å². The van der Waals surface area contributed by atoms with E-state index in [0.717, 1.165) is 12.0 Å². The topological polar surface area (TPSA) is 75.6 Å². The summed E-state index contributed by atoms with van der Waals surface area (Å²) in [5.74, 6) is -0.571. The summed E-state index contributed by atoms with van der Waals surface area (Å²) in [5.41, 5.74) is 1.22. The number of ether oxygens (including phenoxy) is 1. The van der Waals surface area contributed by atoms with Crippen LogP contribution in [0.3, 0.4) is 0 Å². The smallest absolute Gasteiger partial charge is 0.305 e. The molecular formula is C19H21NO4. The van der Waals surface area contributed by atoms with Gasteiger partial charge in [-0.15, -0.1) is 0 Å². The van der Waals surface area contributed by atoms with Crippen molar-refractivity contribution in [2.24, 2.45) is 0 Å². The van der Waals surface area contributed by atoms with Crippen LogP contribution in [-0.2, 0) is 4.79 Å². The molecule has 2 N–H and O–H groups in total. The molecule has 0 aliphatic heterocycles. The number of carbonyl (C=O) groups is 2. The number of benzene rings is 2. The molecule has 0 saturated carbocycles. The van der Waals surface area contributed by atoms with Crippen molar-refractivity contribution in [1.29, 1.82) is 0 Å². The molecule has 0 spiro atoms. The van der Waals surface area contributed by atoms with Gasteiger partial charge in [-0.3, -0.25) is 9.59 Å². The van der Waals surface area contributed by atoms with E-state index >= 15 is 0 Å². The van der Waals surface area contributed by atoms with E-state index in [1.54, 1.807) is 36.4 Å². The second kappa shape index (κ2) is 8.72. The van der Waals surface area contributed by atoms with Gasteiger partial charge in [0.15, 0.2) is 0 Å². The van der Waals surface area contributed by atoms with Crippen molar-refractivity contribution in [3.63, 3.8) is 0 Å². The van der Waals surface area contributed by atoms with Crippen molar-refractivity contribution in [2.45, 2.75) is 25.8 Å². The summed E-state index contributed by atoms with van der Waals surface area (Å²) in [6, 6.07) is 15.3. The first-order chi connectivity index (χ1) is 11.6. The third-order valence-corrected chi connectivity index (χ3v) is 3.48. The first-order valence-corrected chi connectivity index (χ1v) is 7.90. The Kier molecular flexibility index (Phi) is 6.37. The highest BCUT2D eigenvalue weighted by molar-refractivity contribution is 5.94. The Morgan fingerprint density at radius 1 is 1.08 bits per heavy atom. The molecule has 0 heterocycles. The van der Waals surface area contributed by atoms with Crippen molar-refractivity contribution in [2.75, 3.05) is 6.61 Å². The highest BCUT2D eigenvalue weighted by Crippen LogP contribution is 2.18. The quantitative estimate of drug-likeness (QED) is 0.779. The summed E-state index contributed by atoms with van der Waals surface area (Å²) in [7, 11) is 0. The fourth-order valence-corrected chi connectivity index (χ4v) is 2.28. The molecule has 1 atom stereocenters. The van der Waals surface area contributed by atoms with Crippen LogP contribution in [0, 0.1) is 0 Å². The number of carboxylic acids is 1. The lowest BCUT2D eigenvalue weighted by atomic mass is 10.0. The van der Waals surface area contributed by atoms with Crippen LogP contribution in [-0.4, -0.2) is 23.6 Å². The SMILES string of the molecule is CCCOc1ccc(C(=O)N[C@@H](CC(=O)O)c2ccccc2)cc1.